The normalized spacial score (nSPS) is 43.6. The van der Waals surface area contributed by atoms with Crippen LogP contribution in [0, 0.1) is 17.8 Å². The Morgan fingerprint density at radius 1 is 0.955 bits per heavy atom. The molecule has 4 aliphatic rings. The van der Waals surface area contributed by atoms with Gasteiger partial charge in [0.15, 0.2) is 18.7 Å². The molecule has 6 N–H and O–H groups in total. The number of ether oxygens (including phenoxy) is 9. The predicted molar refractivity (Wildman–Crippen MR) is 246 cm³/mol. The molecule has 4 heterocycles. The van der Waals surface area contributed by atoms with E-state index in [1.807, 2.05) is 57.0 Å². The second kappa shape index (κ2) is 22.4. The summed E-state index contributed by atoms with van der Waals surface area (Å²) >= 11 is 0. The van der Waals surface area contributed by atoms with Gasteiger partial charge in [0.25, 0.3) is 6.02 Å². The highest BCUT2D eigenvalue weighted by Gasteiger charge is 2.59. The number of likely N-dealkylation sites (N-methyl/N-ethyl adjacent to an activating group) is 1. The van der Waals surface area contributed by atoms with Crippen LogP contribution in [0.4, 0.5) is 5.69 Å². The van der Waals surface area contributed by atoms with Crippen molar-refractivity contribution in [3.8, 4) is 5.75 Å². The third-order valence-electron chi connectivity index (χ3n) is 14.7. The molecule has 4 aliphatic heterocycles. The van der Waals surface area contributed by atoms with Gasteiger partial charge in [-0.25, -0.2) is 0 Å². The minimum absolute atomic E-state index is 0.0613. The Morgan fingerprint density at radius 2 is 1.64 bits per heavy atom. The lowest BCUT2D eigenvalue weighted by atomic mass is 9.75. The molecule has 0 unspecified atom stereocenters. The minimum Gasteiger partial charge on any atom is -0.497 e. The zero-order valence-electron chi connectivity index (χ0n) is 41.8. The number of nitrogens with one attached hydrogen (secondary N) is 2. The van der Waals surface area contributed by atoms with Crippen LogP contribution in [0.3, 0.4) is 0 Å². The lowest BCUT2D eigenvalue weighted by Crippen LogP contribution is -2.70. The molecule has 0 saturated carbocycles. The quantitative estimate of drug-likeness (QED) is 0.124. The van der Waals surface area contributed by atoms with Crippen molar-refractivity contribution in [2.75, 3.05) is 54.6 Å². The van der Waals surface area contributed by atoms with E-state index in [4.69, 9.17) is 47.6 Å². The van der Waals surface area contributed by atoms with Gasteiger partial charge in [0.2, 0.25) is 0 Å². The van der Waals surface area contributed by atoms with Gasteiger partial charge in [-0.15, -0.1) is 0 Å². The molecule has 0 aliphatic carbocycles. The van der Waals surface area contributed by atoms with Crippen molar-refractivity contribution in [3.05, 3.63) is 24.3 Å². The molecule has 0 radical (unpaired) electrons. The summed E-state index contributed by atoms with van der Waals surface area (Å²) in [5.74, 6) is -2.02. The summed E-state index contributed by atoms with van der Waals surface area (Å²) in [7, 11) is 6.66. The molecule has 0 spiro atoms. The molecule has 0 amide bonds. The third-order valence-corrected chi connectivity index (χ3v) is 14.7. The first kappa shape index (κ1) is 54.2. The molecule has 18 nitrogen and oxygen atoms in total. The largest absolute Gasteiger partial charge is 0.497 e. The van der Waals surface area contributed by atoms with Crippen LogP contribution in [-0.4, -0.2) is 182 Å². The molecule has 4 saturated heterocycles. The predicted octanol–water partition coefficient (Wildman–Crippen LogP) is 3.27. The van der Waals surface area contributed by atoms with Crippen LogP contribution < -0.4 is 15.4 Å². The van der Waals surface area contributed by atoms with Crippen molar-refractivity contribution in [2.45, 2.75) is 185 Å². The number of carbonyl (C=O) groups excluding carboxylic acids is 1. The number of hydrogen-bond acceptors (Lipinski definition) is 17. The molecule has 18 heteroatoms. The second-order valence-corrected chi connectivity index (χ2v) is 20.0. The minimum atomic E-state index is -1.83. The summed E-state index contributed by atoms with van der Waals surface area (Å²) in [6.07, 6.45) is -7.22. The maximum Gasteiger partial charge on any atom is 0.311 e. The van der Waals surface area contributed by atoms with Crippen molar-refractivity contribution in [1.82, 2.24) is 15.5 Å². The van der Waals surface area contributed by atoms with E-state index in [0.29, 0.717) is 43.6 Å². The van der Waals surface area contributed by atoms with E-state index >= 15 is 0 Å². The van der Waals surface area contributed by atoms with Gasteiger partial charge in [0.1, 0.15) is 34.8 Å². The molecule has 1 aromatic carbocycles. The average Bonchev–Trinajstić information content (AvgIpc) is 3.58. The van der Waals surface area contributed by atoms with Crippen molar-refractivity contribution < 1.29 is 67.9 Å². The molecule has 18 atom stereocenters. The first-order chi connectivity index (χ1) is 31.0. The fourth-order valence-electron chi connectivity index (χ4n) is 10.4. The Kier molecular flexibility index (Phi) is 18.4. The second-order valence-electron chi connectivity index (χ2n) is 20.0. The number of nitrogens with zero attached hydrogens (tertiary/aromatic N) is 2. The van der Waals surface area contributed by atoms with E-state index in [0.717, 1.165) is 0 Å². The molecule has 66 heavy (non-hydrogen) atoms. The standard InChI is InChI=1S/C48H82N4O14/c1-15-36-47(10,56)40(53)31(6)50-25-27(2)23-45(8,55)41(66-43-39-35(22-28(3)61-43)52(11)44(65-39)51-33-16-18-34(59-13)19-17-33)29(4)38(30(5)42(54)63-36)64-37-24-46(9,60-14)48(57,32(7)62-37)26-49-20-21-58-12/h16-19,27-32,35-41,43,49-50,53,55-57H,15,20-26H2,1-14H3/b51-44-/t27-,28-,29+,30-,31-,32+,35+,36-,37+,38+,39-,40-,41-,43+,45-,46-,47-,48+/m1/s1. The van der Waals surface area contributed by atoms with Gasteiger partial charge < -0.3 is 78.6 Å². The fourth-order valence-corrected chi connectivity index (χ4v) is 10.4. The molecular weight excluding hydrogens is 857 g/mol. The molecule has 0 bridgehead atoms. The number of methoxy groups -OCH3 is 3. The highest BCUT2D eigenvalue weighted by atomic mass is 16.7. The van der Waals surface area contributed by atoms with Crippen molar-refractivity contribution in [3.63, 3.8) is 0 Å². The summed E-state index contributed by atoms with van der Waals surface area (Å²) in [4.78, 5) is 21.4. The van der Waals surface area contributed by atoms with E-state index in [-0.39, 0.29) is 43.9 Å². The van der Waals surface area contributed by atoms with Gasteiger partial charge in [-0.3, -0.25) is 4.79 Å². The van der Waals surface area contributed by atoms with Crippen LogP contribution in [0.2, 0.25) is 0 Å². The number of hydrogen-bond donors (Lipinski definition) is 6. The van der Waals surface area contributed by atoms with Gasteiger partial charge in [-0.1, -0.05) is 20.8 Å². The van der Waals surface area contributed by atoms with Gasteiger partial charge in [-0.2, -0.15) is 4.99 Å². The number of carbonyl (C=O) groups is 1. The Bertz CT molecular complexity index is 1740. The highest BCUT2D eigenvalue weighted by Crippen LogP contribution is 2.44. The monoisotopic (exact) mass is 939 g/mol. The topological polar surface area (TPSA) is 221 Å². The van der Waals surface area contributed by atoms with Crippen LogP contribution in [-0.2, 0) is 42.7 Å². The van der Waals surface area contributed by atoms with Crippen LogP contribution in [0.15, 0.2) is 29.3 Å². The Labute approximate surface area is 392 Å². The van der Waals surface area contributed by atoms with Gasteiger partial charge in [-0.05, 0) is 104 Å². The average molecular weight is 939 g/mol. The fraction of sp³-hybridized carbons (Fsp3) is 0.833. The number of cyclic esters (lactones) is 1. The SMILES string of the molecule is CC[C@H]1OC(=O)[C@H](C)[C@@H](O[C@H]2C[C@@](C)(OC)[C@](O)(CNCCOC)[C@H](C)O2)[C@H](C)[C@@H](O[C@@H]2O[C@H](C)C[C@H]3[C@H]2O/C(=N\c2ccc(OC)cc2)N3C)[C@](C)(O)C[C@@H](C)CN[C@H](C)[C@@H](O)[C@]1(C)O. The lowest BCUT2D eigenvalue weighted by Gasteiger charge is -2.53. The Balaban J connectivity index is 1.56. The zero-order valence-corrected chi connectivity index (χ0v) is 41.8. The molecular formula is C48H82N4O14. The van der Waals surface area contributed by atoms with Crippen LogP contribution in [0.25, 0.3) is 0 Å². The number of fused-ring (bicyclic) bond motifs is 1. The molecule has 378 valence electrons. The molecule has 4 fully saturated rings. The summed E-state index contributed by atoms with van der Waals surface area (Å²) in [5, 5.41) is 55.0. The van der Waals surface area contributed by atoms with Crippen molar-refractivity contribution in [1.29, 1.82) is 0 Å². The zero-order chi connectivity index (χ0) is 48.9. The van der Waals surface area contributed by atoms with E-state index in [1.54, 1.807) is 55.8 Å². The van der Waals surface area contributed by atoms with Gasteiger partial charge in [0.05, 0.1) is 61.4 Å². The molecule has 5 rings (SSSR count). The maximum absolute atomic E-state index is 14.6. The Hall–Kier alpha value is -2.72. The van der Waals surface area contributed by atoms with Gasteiger partial charge in [0, 0.05) is 52.7 Å². The number of esters is 1. The van der Waals surface area contributed by atoms with E-state index in [9.17, 15) is 25.2 Å². The van der Waals surface area contributed by atoms with E-state index in [2.05, 4.69) is 10.6 Å². The first-order valence-corrected chi connectivity index (χ1v) is 23.7. The lowest BCUT2D eigenvalue weighted by molar-refractivity contribution is -0.335. The van der Waals surface area contributed by atoms with Crippen molar-refractivity contribution in [2.24, 2.45) is 22.7 Å². The number of aliphatic hydroxyl groups is 4. The molecule has 1 aromatic rings. The maximum atomic E-state index is 14.6. The number of amidine groups is 1. The number of rotatable bonds is 13. The number of aliphatic hydroxyl groups excluding tert-OH is 1. The summed E-state index contributed by atoms with van der Waals surface area (Å²) in [6.45, 7) is 19.2. The van der Waals surface area contributed by atoms with Crippen molar-refractivity contribution >= 4 is 17.7 Å². The van der Waals surface area contributed by atoms with E-state index < -0.39 is 95.5 Å². The molecule has 0 aromatic heterocycles. The van der Waals surface area contributed by atoms with Crippen LogP contribution >= 0.6 is 0 Å². The van der Waals surface area contributed by atoms with E-state index in [1.165, 1.54) is 14.0 Å². The summed E-state index contributed by atoms with van der Waals surface area (Å²) < 4.78 is 56.5. The Morgan fingerprint density at radius 3 is 2.26 bits per heavy atom. The van der Waals surface area contributed by atoms with Gasteiger partial charge >= 0.3 is 5.97 Å². The third kappa shape index (κ3) is 11.8. The smallest absolute Gasteiger partial charge is 0.311 e. The van der Waals surface area contributed by atoms with Crippen LogP contribution in [0.1, 0.15) is 94.9 Å². The first-order valence-electron chi connectivity index (χ1n) is 23.7. The highest BCUT2D eigenvalue weighted by molar-refractivity contribution is 5.79. The number of aliphatic imine (C=N–C) groups is 1. The summed E-state index contributed by atoms with van der Waals surface area (Å²) in [5.41, 5.74) is -5.45. The summed E-state index contributed by atoms with van der Waals surface area (Å²) in [6, 6.07) is 6.92. The number of benzene rings is 1. The van der Waals surface area contributed by atoms with Crippen LogP contribution in [0.5, 0.6) is 5.75 Å².